The molecule has 0 atom stereocenters. The second-order valence-corrected chi connectivity index (χ2v) is 4.29. The Morgan fingerprint density at radius 2 is 2.05 bits per heavy atom. The molecule has 0 unspecified atom stereocenters. The van der Waals surface area contributed by atoms with Gasteiger partial charge in [0.1, 0.15) is 6.61 Å². The average molecular weight is 264 g/mol. The van der Waals surface area contributed by atoms with Gasteiger partial charge in [0, 0.05) is 25.3 Å². The zero-order chi connectivity index (χ0) is 13.3. The van der Waals surface area contributed by atoms with E-state index in [4.69, 9.17) is 15.4 Å². The van der Waals surface area contributed by atoms with Crippen molar-refractivity contribution in [3.63, 3.8) is 0 Å². The molecule has 1 aromatic rings. The molecule has 3 N–H and O–H groups in total. The van der Waals surface area contributed by atoms with Crippen molar-refractivity contribution in [3.05, 3.63) is 29.8 Å². The normalized spacial score (nSPS) is 16.7. The fraction of sp³-hybridized carbons (Fsp3) is 0.462. The van der Waals surface area contributed by atoms with E-state index >= 15 is 0 Å². The summed E-state index contributed by atoms with van der Waals surface area (Å²) in [7, 11) is 0. The van der Waals surface area contributed by atoms with E-state index in [1.165, 1.54) is 0 Å². The molecular weight excluding hydrogens is 244 g/mol. The lowest BCUT2D eigenvalue weighted by Gasteiger charge is -2.25. The number of benzene rings is 1. The molecule has 1 aliphatic heterocycles. The summed E-state index contributed by atoms with van der Waals surface area (Å²) in [6.07, 6.45) is 1.69. The largest absolute Gasteiger partial charge is 0.394 e. The van der Waals surface area contributed by atoms with E-state index in [2.05, 4.69) is 15.5 Å². The molecule has 2 rings (SSSR count). The maximum Gasteiger partial charge on any atom is 0.129 e. The van der Waals surface area contributed by atoms with Gasteiger partial charge < -0.3 is 15.0 Å². The first kappa shape index (κ1) is 13.8. The SMILES string of the molecule is NNc1ccc(/C=N/OCCN2CCOCC2)cc1. The second kappa shape index (κ2) is 7.73. The molecule has 19 heavy (non-hydrogen) atoms. The summed E-state index contributed by atoms with van der Waals surface area (Å²) in [5.41, 5.74) is 4.42. The second-order valence-electron chi connectivity index (χ2n) is 4.29. The number of nitrogens with zero attached hydrogens (tertiary/aromatic N) is 2. The quantitative estimate of drug-likeness (QED) is 0.342. The van der Waals surface area contributed by atoms with Crippen molar-refractivity contribution in [1.29, 1.82) is 0 Å². The molecule has 0 aliphatic carbocycles. The number of hydrogen-bond acceptors (Lipinski definition) is 6. The standard InChI is InChI=1S/C13H20N4O2/c14-16-13-3-1-12(2-4-13)11-15-19-10-7-17-5-8-18-9-6-17/h1-4,11,16H,5-10,14H2/b15-11+. The van der Waals surface area contributed by atoms with Crippen LogP contribution >= 0.6 is 0 Å². The number of ether oxygens (including phenoxy) is 1. The first-order chi connectivity index (χ1) is 9.38. The summed E-state index contributed by atoms with van der Waals surface area (Å²) in [6.45, 7) is 5.05. The first-order valence-corrected chi connectivity index (χ1v) is 6.40. The summed E-state index contributed by atoms with van der Waals surface area (Å²) in [6, 6.07) is 7.61. The van der Waals surface area contributed by atoms with Crippen LogP contribution in [0.5, 0.6) is 0 Å². The number of nitrogen functional groups attached to an aromatic ring is 1. The van der Waals surface area contributed by atoms with Crippen molar-refractivity contribution in [1.82, 2.24) is 4.90 Å². The Morgan fingerprint density at radius 1 is 1.32 bits per heavy atom. The Labute approximate surface area is 113 Å². The van der Waals surface area contributed by atoms with Gasteiger partial charge in [0.05, 0.1) is 19.4 Å². The molecule has 1 aliphatic rings. The number of rotatable bonds is 6. The predicted molar refractivity (Wildman–Crippen MR) is 75.1 cm³/mol. The van der Waals surface area contributed by atoms with Gasteiger partial charge in [0.25, 0.3) is 0 Å². The number of oxime groups is 1. The van der Waals surface area contributed by atoms with Crippen LogP contribution in [0.1, 0.15) is 5.56 Å². The molecule has 0 saturated carbocycles. The summed E-state index contributed by atoms with van der Waals surface area (Å²) in [4.78, 5) is 7.55. The lowest BCUT2D eigenvalue weighted by atomic mass is 10.2. The molecule has 0 spiro atoms. The highest BCUT2D eigenvalue weighted by Crippen LogP contribution is 2.06. The Balaban J connectivity index is 1.65. The number of nitrogens with one attached hydrogen (secondary N) is 1. The highest BCUT2D eigenvalue weighted by Gasteiger charge is 2.09. The molecule has 1 fully saturated rings. The van der Waals surface area contributed by atoms with Gasteiger partial charge in [0.15, 0.2) is 0 Å². The van der Waals surface area contributed by atoms with Crippen LogP contribution in [0.15, 0.2) is 29.4 Å². The van der Waals surface area contributed by atoms with E-state index in [1.54, 1.807) is 6.21 Å². The van der Waals surface area contributed by atoms with Crippen molar-refractivity contribution < 1.29 is 9.57 Å². The van der Waals surface area contributed by atoms with Crippen LogP contribution < -0.4 is 11.3 Å². The maximum atomic E-state index is 5.29. The molecule has 104 valence electrons. The summed E-state index contributed by atoms with van der Waals surface area (Å²) in [5, 5.41) is 3.95. The number of nitrogens with two attached hydrogens (primary N) is 1. The molecule has 1 heterocycles. The lowest BCUT2D eigenvalue weighted by Crippen LogP contribution is -2.38. The van der Waals surface area contributed by atoms with E-state index < -0.39 is 0 Å². The van der Waals surface area contributed by atoms with Crippen molar-refractivity contribution in [2.24, 2.45) is 11.0 Å². The van der Waals surface area contributed by atoms with Crippen molar-refractivity contribution in [2.75, 3.05) is 44.9 Å². The van der Waals surface area contributed by atoms with Crippen LogP contribution in [-0.4, -0.2) is 50.6 Å². The highest BCUT2D eigenvalue weighted by molar-refractivity contribution is 5.79. The van der Waals surface area contributed by atoms with Crippen molar-refractivity contribution in [3.8, 4) is 0 Å². The molecule has 6 heteroatoms. The van der Waals surface area contributed by atoms with Gasteiger partial charge in [-0.1, -0.05) is 17.3 Å². The smallest absolute Gasteiger partial charge is 0.129 e. The highest BCUT2D eigenvalue weighted by atomic mass is 16.6. The molecule has 0 bridgehead atoms. The summed E-state index contributed by atoms with van der Waals surface area (Å²) >= 11 is 0. The fourth-order valence-corrected chi connectivity index (χ4v) is 1.81. The predicted octanol–water partition coefficient (Wildman–Crippen LogP) is 0.655. The monoisotopic (exact) mass is 264 g/mol. The zero-order valence-electron chi connectivity index (χ0n) is 10.9. The Hall–Kier alpha value is -1.63. The average Bonchev–Trinajstić information content (AvgIpc) is 2.49. The summed E-state index contributed by atoms with van der Waals surface area (Å²) in [5.74, 6) is 5.29. The van der Waals surface area contributed by atoms with Crippen LogP contribution in [0, 0.1) is 0 Å². The molecule has 1 aromatic carbocycles. The van der Waals surface area contributed by atoms with Gasteiger partial charge in [-0.05, 0) is 17.7 Å². The van der Waals surface area contributed by atoms with E-state index in [0.29, 0.717) is 6.61 Å². The molecule has 1 saturated heterocycles. The Morgan fingerprint density at radius 3 is 2.74 bits per heavy atom. The molecule has 6 nitrogen and oxygen atoms in total. The topological polar surface area (TPSA) is 72.1 Å². The van der Waals surface area contributed by atoms with Gasteiger partial charge in [-0.25, -0.2) is 0 Å². The van der Waals surface area contributed by atoms with Crippen molar-refractivity contribution in [2.45, 2.75) is 0 Å². The number of hydrazine groups is 1. The minimum Gasteiger partial charge on any atom is -0.394 e. The summed E-state index contributed by atoms with van der Waals surface area (Å²) < 4.78 is 5.28. The van der Waals surface area contributed by atoms with Crippen LogP contribution in [0.2, 0.25) is 0 Å². The van der Waals surface area contributed by atoms with Gasteiger partial charge in [-0.2, -0.15) is 0 Å². The minimum atomic E-state index is 0.596. The van der Waals surface area contributed by atoms with E-state index in [0.717, 1.165) is 44.1 Å². The minimum absolute atomic E-state index is 0.596. The van der Waals surface area contributed by atoms with Gasteiger partial charge in [0.2, 0.25) is 0 Å². The Bertz CT molecular complexity index is 388. The zero-order valence-corrected chi connectivity index (χ0v) is 10.9. The number of anilines is 1. The van der Waals surface area contributed by atoms with Crippen LogP contribution in [0.3, 0.4) is 0 Å². The Kier molecular flexibility index (Phi) is 5.61. The molecular formula is C13H20N4O2. The third kappa shape index (κ3) is 4.86. The van der Waals surface area contributed by atoms with Crippen molar-refractivity contribution >= 4 is 11.9 Å². The van der Waals surface area contributed by atoms with Crippen LogP contribution in [0.4, 0.5) is 5.69 Å². The third-order valence-corrected chi connectivity index (χ3v) is 2.96. The van der Waals surface area contributed by atoms with Gasteiger partial charge in [-0.3, -0.25) is 10.7 Å². The van der Waals surface area contributed by atoms with Gasteiger partial charge in [-0.15, -0.1) is 0 Å². The van der Waals surface area contributed by atoms with E-state index in [-0.39, 0.29) is 0 Å². The number of hydrogen-bond donors (Lipinski definition) is 2. The lowest BCUT2D eigenvalue weighted by molar-refractivity contribution is 0.0214. The van der Waals surface area contributed by atoms with Gasteiger partial charge >= 0.3 is 0 Å². The molecule has 0 aromatic heterocycles. The van der Waals surface area contributed by atoms with E-state index in [1.807, 2.05) is 24.3 Å². The van der Waals surface area contributed by atoms with E-state index in [9.17, 15) is 0 Å². The first-order valence-electron chi connectivity index (χ1n) is 6.40. The molecule has 0 radical (unpaired) electrons. The third-order valence-electron chi connectivity index (χ3n) is 2.96. The fourth-order valence-electron chi connectivity index (χ4n) is 1.81. The number of morpholine rings is 1. The maximum absolute atomic E-state index is 5.29. The van der Waals surface area contributed by atoms with Crippen LogP contribution in [0.25, 0.3) is 0 Å². The molecule has 0 amide bonds. The van der Waals surface area contributed by atoms with Crippen LogP contribution in [-0.2, 0) is 9.57 Å².